The van der Waals surface area contributed by atoms with Crippen LogP contribution >= 0.6 is 15.9 Å². The first-order chi connectivity index (χ1) is 6.65. The molecule has 14 heavy (non-hydrogen) atoms. The topological polar surface area (TPSA) is 44.5 Å². The molecule has 80 valence electrons. The molecule has 0 amide bonds. The van der Waals surface area contributed by atoms with Crippen molar-refractivity contribution in [3.05, 3.63) is 28.2 Å². The third kappa shape index (κ3) is 5.21. The summed E-state index contributed by atoms with van der Waals surface area (Å²) in [5, 5.41) is 0. The summed E-state index contributed by atoms with van der Waals surface area (Å²) in [6, 6.07) is 5.73. The van der Waals surface area contributed by atoms with Gasteiger partial charge < -0.3 is 15.2 Å². The van der Waals surface area contributed by atoms with Crippen LogP contribution in [0.5, 0.6) is 0 Å². The highest BCUT2D eigenvalue weighted by Gasteiger charge is 1.97. The van der Waals surface area contributed by atoms with Crippen LogP contribution in [0.25, 0.3) is 0 Å². The lowest BCUT2D eigenvalue weighted by molar-refractivity contribution is 0.185. The van der Waals surface area contributed by atoms with Gasteiger partial charge in [0.1, 0.15) is 0 Å². The summed E-state index contributed by atoms with van der Waals surface area (Å²) in [5.41, 5.74) is 7.46. The zero-order valence-corrected chi connectivity index (χ0v) is 10.3. The van der Waals surface area contributed by atoms with Gasteiger partial charge in [-0.15, -0.1) is 0 Å². The molecule has 0 saturated carbocycles. The number of benzene rings is 1. The Morgan fingerprint density at radius 2 is 1.86 bits per heavy atom. The highest BCUT2D eigenvalue weighted by molar-refractivity contribution is 9.10. The second kappa shape index (κ2) is 7.79. The molecule has 1 aromatic carbocycles. The molecule has 0 atom stereocenters. The zero-order valence-electron chi connectivity index (χ0n) is 8.71. The molecular weight excluding hydrogens is 246 g/mol. The lowest BCUT2D eigenvalue weighted by Crippen LogP contribution is -1.95. The van der Waals surface area contributed by atoms with Crippen LogP contribution in [0.1, 0.15) is 5.56 Å². The smallest absolute Gasteiger partial charge is 0.0733 e. The van der Waals surface area contributed by atoms with Gasteiger partial charge in [-0.25, -0.2) is 0 Å². The number of halogens is 1. The van der Waals surface area contributed by atoms with E-state index in [0.717, 1.165) is 15.7 Å². The van der Waals surface area contributed by atoms with Gasteiger partial charge in [0.15, 0.2) is 0 Å². The summed E-state index contributed by atoms with van der Waals surface area (Å²) < 4.78 is 10.2. The number of hydrogen-bond donors (Lipinski definition) is 1. The lowest BCUT2D eigenvalue weighted by atomic mass is 10.2. The second-order valence-electron chi connectivity index (χ2n) is 2.68. The van der Waals surface area contributed by atoms with Crippen LogP contribution in [-0.4, -0.2) is 21.3 Å². The first kappa shape index (κ1) is 13.4. The molecule has 0 aliphatic rings. The predicted molar refractivity (Wildman–Crippen MR) is 62.2 cm³/mol. The van der Waals surface area contributed by atoms with Crippen LogP contribution in [0, 0.1) is 0 Å². The average Bonchev–Trinajstić information content (AvgIpc) is 2.13. The number of anilines is 1. The van der Waals surface area contributed by atoms with Gasteiger partial charge in [0.05, 0.1) is 6.61 Å². The molecule has 0 bridgehead atoms. The maximum atomic E-state index is 5.67. The standard InChI is InChI=1S/C8H10BrNO.C2H6O/c1-11-5-6-4-7(9)2-3-8(6)10;1-3-2/h2-4H,5,10H2,1H3;1-2H3. The van der Waals surface area contributed by atoms with E-state index in [2.05, 4.69) is 20.7 Å². The first-order valence-corrected chi connectivity index (χ1v) is 4.88. The van der Waals surface area contributed by atoms with E-state index < -0.39 is 0 Å². The Kier molecular flexibility index (Phi) is 7.47. The Hall–Kier alpha value is -0.580. The van der Waals surface area contributed by atoms with E-state index in [1.54, 1.807) is 21.3 Å². The van der Waals surface area contributed by atoms with Gasteiger partial charge in [0.2, 0.25) is 0 Å². The number of rotatable bonds is 2. The third-order valence-corrected chi connectivity index (χ3v) is 1.90. The SMILES string of the molecule is COC.COCc1cc(Br)ccc1N. The minimum atomic E-state index is 0.561. The third-order valence-electron chi connectivity index (χ3n) is 1.40. The molecule has 0 aliphatic heterocycles. The minimum absolute atomic E-state index is 0.561. The number of nitrogen functional groups attached to an aromatic ring is 1. The van der Waals surface area contributed by atoms with Crippen molar-refractivity contribution in [1.29, 1.82) is 0 Å². The van der Waals surface area contributed by atoms with Crippen LogP contribution in [0.4, 0.5) is 5.69 Å². The van der Waals surface area contributed by atoms with Crippen LogP contribution in [-0.2, 0) is 16.1 Å². The maximum absolute atomic E-state index is 5.67. The van der Waals surface area contributed by atoms with Gasteiger partial charge in [0, 0.05) is 37.1 Å². The Labute approximate surface area is 93.3 Å². The van der Waals surface area contributed by atoms with Crippen LogP contribution in [0.2, 0.25) is 0 Å². The fourth-order valence-corrected chi connectivity index (χ4v) is 1.26. The van der Waals surface area contributed by atoms with Crippen molar-refractivity contribution >= 4 is 21.6 Å². The zero-order chi connectivity index (χ0) is 11.0. The Morgan fingerprint density at radius 1 is 1.29 bits per heavy atom. The van der Waals surface area contributed by atoms with E-state index in [-0.39, 0.29) is 0 Å². The molecule has 0 fully saturated rings. The summed E-state index contributed by atoms with van der Waals surface area (Å²) >= 11 is 3.36. The summed E-state index contributed by atoms with van der Waals surface area (Å²) in [6.07, 6.45) is 0. The number of methoxy groups -OCH3 is 2. The highest BCUT2D eigenvalue weighted by Crippen LogP contribution is 2.18. The van der Waals surface area contributed by atoms with E-state index >= 15 is 0 Å². The van der Waals surface area contributed by atoms with E-state index in [1.807, 2.05) is 18.2 Å². The molecule has 0 radical (unpaired) electrons. The van der Waals surface area contributed by atoms with Gasteiger partial charge in [-0.05, 0) is 18.2 Å². The van der Waals surface area contributed by atoms with Crippen LogP contribution in [0.15, 0.2) is 22.7 Å². The van der Waals surface area contributed by atoms with Gasteiger partial charge >= 0.3 is 0 Å². The number of ether oxygens (including phenoxy) is 2. The summed E-state index contributed by atoms with van der Waals surface area (Å²) in [6.45, 7) is 0.561. The molecule has 0 spiro atoms. The van der Waals surface area contributed by atoms with Crippen molar-refractivity contribution in [3.8, 4) is 0 Å². The molecule has 0 unspecified atom stereocenters. The monoisotopic (exact) mass is 261 g/mol. The number of nitrogens with two attached hydrogens (primary N) is 1. The van der Waals surface area contributed by atoms with Crippen LogP contribution in [0.3, 0.4) is 0 Å². The largest absolute Gasteiger partial charge is 0.398 e. The van der Waals surface area contributed by atoms with Crippen molar-refractivity contribution in [1.82, 2.24) is 0 Å². The molecule has 1 aromatic rings. The van der Waals surface area contributed by atoms with Crippen molar-refractivity contribution in [2.45, 2.75) is 6.61 Å². The van der Waals surface area contributed by atoms with Crippen LogP contribution < -0.4 is 5.73 Å². The summed E-state index contributed by atoms with van der Waals surface area (Å²) in [5.74, 6) is 0. The summed E-state index contributed by atoms with van der Waals surface area (Å²) in [7, 11) is 4.90. The maximum Gasteiger partial charge on any atom is 0.0733 e. The molecule has 0 heterocycles. The van der Waals surface area contributed by atoms with Gasteiger partial charge in [0.25, 0.3) is 0 Å². The van der Waals surface area contributed by atoms with Crippen molar-refractivity contribution in [3.63, 3.8) is 0 Å². The van der Waals surface area contributed by atoms with Crippen molar-refractivity contribution in [2.24, 2.45) is 0 Å². The van der Waals surface area contributed by atoms with E-state index in [1.165, 1.54) is 0 Å². The fourth-order valence-electron chi connectivity index (χ4n) is 0.855. The lowest BCUT2D eigenvalue weighted by Gasteiger charge is -2.03. The Morgan fingerprint density at radius 3 is 2.36 bits per heavy atom. The van der Waals surface area contributed by atoms with Gasteiger partial charge in [-0.2, -0.15) is 0 Å². The van der Waals surface area contributed by atoms with E-state index in [9.17, 15) is 0 Å². The quantitative estimate of drug-likeness (QED) is 0.832. The van der Waals surface area contributed by atoms with Gasteiger partial charge in [-0.3, -0.25) is 0 Å². The second-order valence-corrected chi connectivity index (χ2v) is 3.60. The molecule has 0 saturated heterocycles. The molecule has 1 rings (SSSR count). The molecule has 0 aliphatic carbocycles. The molecule has 4 heteroatoms. The van der Waals surface area contributed by atoms with Gasteiger partial charge in [-0.1, -0.05) is 15.9 Å². The van der Waals surface area contributed by atoms with Crippen molar-refractivity contribution in [2.75, 3.05) is 27.1 Å². The van der Waals surface area contributed by atoms with E-state index in [4.69, 9.17) is 10.5 Å². The Balaban J connectivity index is 0.000000500. The number of hydrogen-bond acceptors (Lipinski definition) is 3. The Bertz CT molecular complexity index is 266. The fraction of sp³-hybridized carbons (Fsp3) is 0.400. The summed E-state index contributed by atoms with van der Waals surface area (Å²) in [4.78, 5) is 0. The predicted octanol–water partition coefficient (Wildman–Crippen LogP) is 2.44. The molecular formula is C10H16BrNO2. The minimum Gasteiger partial charge on any atom is -0.398 e. The first-order valence-electron chi connectivity index (χ1n) is 4.08. The molecule has 0 aromatic heterocycles. The molecule has 2 N–H and O–H groups in total. The molecule has 3 nitrogen and oxygen atoms in total. The van der Waals surface area contributed by atoms with Crippen molar-refractivity contribution < 1.29 is 9.47 Å². The normalized spacial score (nSPS) is 9.14. The highest BCUT2D eigenvalue weighted by atomic mass is 79.9. The van der Waals surface area contributed by atoms with E-state index in [0.29, 0.717) is 6.61 Å². The average molecular weight is 262 g/mol.